The van der Waals surface area contributed by atoms with Crippen LogP contribution in [0.2, 0.25) is 0 Å². The zero-order chi connectivity index (χ0) is 13.8. The van der Waals surface area contributed by atoms with Crippen LogP contribution in [0.1, 0.15) is 13.8 Å². The molecule has 0 radical (unpaired) electrons. The van der Waals surface area contributed by atoms with Crippen molar-refractivity contribution in [2.24, 2.45) is 0 Å². The molecule has 5 heteroatoms. The van der Waals surface area contributed by atoms with E-state index in [0.29, 0.717) is 18.8 Å². The summed E-state index contributed by atoms with van der Waals surface area (Å²) in [5, 5.41) is 0. The van der Waals surface area contributed by atoms with Crippen molar-refractivity contribution in [1.82, 2.24) is 4.90 Å². The molecule has 0 aliphatic carbocycles. The van der Waals surface area contributed by atoms with Gasteiger partial charge in [-0.1, -0.05) is 15.9 Å². The number of carbonyl (C=O) groups excluding carboxylic acids is 1. The average Bonchev–Trinajstić information content (AvgIpc) is 2.36. The van der Waals surface area contributed by atoms with Crippen LogP contribution in [0.3, 0.4) is 0 Å². The van der Waals surface area contributed by atoms with Crippen LogP contribution >= 0.6 is 27.7 Å². The third-order valence-electron chi connectivity index (χ3n) is 2.95. The van der Waals surface area contributed by atoms with Crippen LogP contribution in [-0.2, 0) is 9.53 Å². The number of benzene rings is 1. The summed E-state index contributed by atoms with van der Waals surface area (Å²) < 4.78 is 6.69. The van der Waals surface area contributed by atoms with Gasteiger partial charge in [-0.25, -0.2) is 0 Å². The Hall–Kier alpha value is -0.520. The molecule has 19 heavy (non-hydrogen) atoms. The molecule has 3 nitrogen and oxygen atoms in total. The van der Waals surface area contributed by atoms with Crippen molar-refractivity contribution in [3.63, 3.8) is 0 Å². The van der Waals surface area contributed by atoms with Crippen molar-refractivity contribution in [3.05, 3.63) is 28.7 Å². The lowest BCUT2D eigenvalue weighted by molar-refractivity contribution is -0.140. The highest BCUT2D eigenvalue weighted by atomic mass is 79.9. The fraction of sp³-hybridized carbons (Fsp3) is 0.500. The number of halogens is 1. The van der Waals surface area contributed by atoms with E-state index in [1.807, 2.05) is 43.0 Å². The number of hydrogen-bond donors (Lipinski definition) is 0. The summed E-state index contributed by atoms with van der Waals surface area (Å²) in [5.74, 6) is 0.677. The van der Waals surface area contributed by atoms with E-state index >= 15 is 0 Å². The molecule has 2 atom stereocenters. The van der Waals surface area contributed by atoms with Gasteiger partial charge in [-0.3, -0.25) is 4.79 Å². The van der Waals surface area contributed by atoms with Gasteiger partial charge in [0.2, 0.25) is 5.91 Å². The fourth-order valence-corrected chi connectivity index (χ4v) is 3.21. The summed E-state index contributed by atoms with van der Waals surface area (Å²) in [7, 11) is 0. The Kier molecular flexibility index (Phi) is 5.30. The Bertz CT molecular complexity index is 428. The molecule has 0 N–H and O–H groups in total. The van der Waals surface area contributed by atoms with Crippen LogP contribution in [0.5, 0.6) is 0 Å². The molecular weight excluding hydrogens is 326 g/mol. The highest BCUT2D eigenvalue weighted by Crippen LogP contribution is 2.21. The first-order valence-electron chi connectivity index (χ1n) is 6.36. The lowest BCUT2D eigenvalue weighted by Gasteiger charge is -2.35. The third kappa shape index (κ3) is 4.51. The molecule has 1 aromatic carbocycles. The number of nitrogens with zero attached hydrogens (tertiary/aromatic N) is 1. The van der Waals surface area contributed by atoms with E-state index in [1.54, 1.807) is 11.8 Å². The summed E-state index contributed by atoms with van der Waals surface area (Å²) in [6.07, 6.45) is 0.260. The van der Waals surface area contributed by atoms with Crippen molar-refractivity contribution in [2.45, 2.75) is 31.0 Å². The van der Waals surface area contributed by atoms with Gasteiger partial charge < -0.3 is 9.64 Å². The number of rotatable bonds is 3. The molecule has 2 rings (SSSR count). The fourth-order valence-electron chi connectivity index (χ4n) is 2.15. The average molecular weight is 344 g/mol. The summed E-state index contributed by atoms with van der Waals surface area (Å²) >= 11 is 4.98. The minimum Gasteiger partial charge on any atom is -0.372 e. The Morgan fingerprint density at radius 1 is 1.32 bits per heavy atom. The lowest BCUT2D eigenvalue weighted by Crippen LogP contribution is -2.48. The molecular formula is C14H18BrNO2S. The summed E-state index contributed by atoms with van der Waals surface area (Å²) in [6, 6.07) is 8.02. The van der Waals surface area contributed by atoms with Gasteiger partial charge in [0.15, 0.2) is 0 Å². The first-order valence-corrected chi connectivity index (χ1v) is 8.14. The van der Waals surface area contributed by atoms with Crippen molar-refractivity contribution in [1.29, 1.82) is 0 Å². The predicted octanol–water partition coefficient (Wildman–Crippen LogP) is 3.18. The van der Waals surface area contributed by atoms with E-state index in [9.17, 15) is 4.79 Å². The van der Waals surface area contributed by atoms with Crippen LogP contribution in [0.25, 0.3) is 0 Å². The molecule has 1 fully saturated rings. The van der Waals surface area contributed by atoms with E-state index < -0.39 is 0 Å². The van der Waals surface area contributed by atoms with Crippen molar-refractivity contribution in [3.8, 4) is 0 Å². The van der Waals surface area contributed by atoms with E-state index in [2.05, 4.69) is 15.9 Å². The molecule has 0 unspecified atom stereocenters. The highest BCUT2D eigenvalue weighted by Gasteiger charge is 2.25. The van der Waals surface area contributed by atoms with E-state index in [-0.39, 0.29) is 18.1 Å². The summed E-state index contributed by atoms with van der Waals surface area (Å²) in [4.78, 5) is 15.2. The lowest BCUT2D eigenvalue weighted by atomic mass is 10.2. The maximum Gasteiger partial charge on any atom is 0.233 e. The van der Waals surface area contributed by atoms with Gasteiger partial charge in [-0.15, -0.1) is 11.8 Å². The van der Waals surface area contributed by atoms with Gasteiger partial charge in [-0.2, -0.15) is 0 Å². The molecule has 0 spiro atoms. The molecule has 0 aromatic heterocycles. The normalized spacial score (nSPS) is 23.4. The van der Waals surface area contributed by atoms with Crippen molar-refractivity contribution in [2.75, 3.05) is 18.8 Å². The minimum atomic E-state index is 0.130. The quantitative estimate of drug-likeness (QED) is 0.789. The Balaban J connectivity index is 1.85. The monoisotopic (exact) mass is 343 g/mol. The Morgan fingerprint density at radius 2 is 1.89 bits per heavy atom. The number of thioether (sulfide) groups is 1. The van der Waals surface area contributed by atoms with Crippen LogP contribution < -0.4 is 0 Å². The molecule has 1 amide bonds. The second-order valence-corrected chi connectivity index (χ2v) is 6.76. The predicted molar refractivity (Wildman–Crippen MR) is 81.5 cm³/mol. The maximum atomic E-state index is 12.2. The topological polar surface area (TPSA) is 29.5 Å². The van der Waals surface area contributed by atoms with Crippen LogP contribution in [0, 0.1) is 0 Å². The summed E-state index contributed by atoms with van der Waals surface area (Å²) in [5.41, 5.74) is 0. The van der Waals surface area contributed by atoms with Crippen molar-refractivity contribution >= 4 is 33.6 Å². The second kappa shape index (κ2) is 6.77. The maximum absolute atomic E-state index is 12.2. The highest BCUT2D eigenvalue weighted by molar-refractivity contribution is 9.10. The SMILES string of the molecule is C[C@@H]1CN(C(=O)CSc2ccc(Br)cc2)C[C@H](C)O1. The van der Waals surface area contributed by atoms with E-state index in [4.69, 9.17) is 4.74 Å². The van der Waals surface area contributed by atoms with Gasteiger partial charge in [0.25, 0.3) is 0 Å². The van der Waals surface area contributed by atoms with Crippen LogP contribution in [0.4, 0.5) is 0 Å². The number of amides is 1. The molecule has 1 saturated heterocycles. The molecule has 1 heterocycles. The van der Waals surface area contributed by atoms with Crippen LogP contribution in [-0.4, -0.2) is 41.9 Å². The Morgan fingerprint density at radius 3 is 2.47 bits per heavy atom. The minimum absolute atomic E-state index is 0.130. The second-order valence-electron chi connectivity index (χ2n) is 4.80. The van der Waals surface area contributed by atoms with Gasteiger partial charge in [0, 0.05) is 22.5 Å². The number of carbonyl (C=O) groups is 1. The first kappa shape index (κ1) is 14.9. The van der Waals surface area contributed by atoms with Gasteiger partial charge in [0.05, 0.1) is 18.0 Å². The van der Waals surface area contributed by atoms with Gasteiger partial charge >= 0.3 is 0 Å². The van der Waals surface area contributed by atoms with Gasteiger partial charge in [0.1, 0.15) is 0 Å². The molecule has 1 aromatic rings. The van der Waals surface area contributed by atoms with Crippen LogP contribution in [0.15, 0.2) is 33.6 Å². The molecule has 1 aliphatic heterocycles. The number of morpholine rings is 1. The molecule has 0 saturated carbocycles. The zero-order valence-electron chi connectivity index (χ0n) is 11.1. The molecule has 0 bridgehead atoms. The number of ether oxygens (including phenoxy) is 1. The number of hydrogen-bond acceptors (Lipinski definition) is 3. The Labute approximate surface area is 126 Å². The molecule has 104 valence electrons. The standard InChI is InChI=1S/C14H18BrNO2S/c1-10-7-16(8-11(2)18-10)14(17)9-19-13-5-3-12(15)4-6-13/h3-6,10-11H,7-9H2,1-2H3/t10-,11+. The van der Waals surface area contributed by atoms with E-state index in [0.717, 1.165) is 9.37 Å². The van der Waals surface area contributed by atoms with Crippen molar-refractivity contribution < 1.29 is 9.53 Å². The smallest absolute Gasteiger partial charge is 0.233 e. The van der Waals surface area contributed by atoms with Gasteiger partial charge in [-0.05, 0) is 38.1 Å². The third-order valence-corrected chi connectivity index (χ3v) is 4.47. The zero-order valence-corrected chi connectivity index (χ0v) is 13.5. The first-order chi connectivity index (χ1) is 9.04. The summed E-state index contributed by atoms with van der Waals surface area (Å²) in [6.45, 7) is 5.42. The largest absolute Gasteiger partial charge is 0.372 e. The van der Waals surface area contributed by atoms with E-state index in [1.165, 1.54) is 0 Å². The molecule has 1 aliphatic rings.